The first-order chi connectivity index (χ1) is 19.2. The summed E-state index contributed by atoms with van der Waals surface area (Å²) in [6, 6.07) is -1.20. The van der Waals surface area contributed by atoms with Gasteiger partial charge in [-0.3, -0.25) is 19.3 Å². The number of likely N-dealkylation sites (tertiary alicyclic amines) is 1. The van der Waals surface area contributed by atoms with E-state index in [4.69, 9.17) is 4.74 Å². The van der Waals surface area contributed by atoms with E-state index in [1.165, 1.54) is 0 Å². The molecule has 0 aromatic heterocycles. The van der Waals surface area contributed by atoms with Crippen LogP contribution < -0.4 is 0 Å². The van der Waals surface area contributed by atoms with Crippen molar-refractivity contribution in [3.8, 4) is 0 Å². The topological polar surface area (TPSA) is 93.6 Å². The second-order valence-electron chi connectivity index (χ2n) is 11.8. The molecule has 3 amide bonds. The fourth-order valence-corrected chi connectivity index (χ4v) is 9.78. The lowest BCUT2D eigenvalue weighted by Gasteiger charge is -2.40. The number of hydrogen-bond donors (Lipinski definition) is 1. The van der Waals surface area contributed by atoms with Crippen molar-refractivity contribution in [3.63, 3.8) is 0 Å². The Bertz CT molecular complexity index is 970. The summed E-state index contributed by atoms with van der Waals surface area (Å²) in [5.74, 6) is -1.38. The fourth-order valence-electron chi connectivity index (χ4n) is 7.45. The average molecular weight is 577 g/mol. The molecule has 4 rings (SSSR count). The Hall–Kier alpha value is -1.88. The Morgan fingerprint density at radius 1 is 1.12 bits per heavy atom. The molecular weight excluding hydrogens is 528 g/mol. The smallest absolute Gasteiger partial charge is 0.247 e. The average Bonchev–Trinajstić information content (AvgIpc) is 3.52. The molecule has 2 bridgehead atoms. The maximum atomic E-state index is 14.6. The van der Waals surface area contributed by atoms with Gasteiger partial charge < -0.3 is 24.5 Å². The van der Waals surface area contributed by atoms with Gasteiger partial charge in [0.05, 0.1) is 42.4 Å². The number of carbonyl (C=O) groups excluding carboxylic acids is 3. The fraction of sp³-hybridized carbons (Fsp3) is 0.767. The van der Waals surface area contributed by atoms with Crippen LogP contribution in [0.1, 0.15) is 46.5 Å². The van der Waals surface area contributed by atoms with E-state index in [0.717, 1.165) is 32.5 Å². The van der Waals surface area contributed by atoms with E-state index >= 15 is 0 Å². The van der Waals surface area contributed by atoms with Crippen molar-refractivity contribution in [2.45, 2.75) is 68.0 Å². The van der Waals surface area contributed by atoms with Gasteiger partial charge in [-0.25, -0.2) is 0 Å². The zero-order valence-electron chi connectivity index (χ0n) is 24.6. The van der Waals surface area contributed by atoms with Crippen molar-refractivity contribution in [2.24, 2.45) is 11.8 Å². The Morgan fingerprint density at radius 3 is 2.35 bits per heavy atom. The van der Waals surface area contributed by atoms with Crippen LogP contribution in [-0.2, 0) is 19.1 Å². The molecule has 2 unspecified atom stereocenters. The highest BCUT2D eigenvalue weighted by Crippen LogP contribution is 2.72. The van der Waals surface area contributed by atoms with Gasteiger partial charge in [-0.15, -0.1) is 24.9 Å². The van der Waals surface area contributed by atoms with Gasteiger partial charge in [0.2, 0.25) is 17.7 Å². The van der Waals surface area contributed by atoms with Crippen molar-refractivity contribution in [1.29, 1.82) is 0 Å². The third kappa shape index (κ3) is 5.37. The summed E-state index contributed by atoms with van der Waals surface area (Å²) in [6.07, 6.45) is 6.29. The third-order valence-electron chi connectivity index (χ3n) is 9.40. The molecular formula is C30H48N4O5S. The first-order valence-corrected chi connectivity index (χ1v) is 15.8. The number of ether oxygens (including phenoxy) is 1. The second-order valence-corrected chi connectivity index (χ2v) is 13.7. The van der Waals surface area contributed by atoms with Crippen molar-refractivity contribution < 1.29 is 24.2 Å². The molecule has 4 fully saturated rings. The molecule has 4 aliphatic rings. The van der Waals surface area contributed by atoms with Crippen LogP contribution in [0.15, 0.2) is 25.3 Å². The summed E-state index contributed by atoms with van der Waals surface area (Å²) in [5, 5.41) is 10.4. The molecule has 4 saturated heterocycles. The molecule has 0 saturated carbocycles. The highest BCUT2D eigenvalue weighted by molar-refractivity contribution is 8.02. The summed E-state index contributed by atoms with van der Waals surface area (Å²) >= 11 is 1.69. The molecule has 4 aliphatic heterocycles. The quantitative estimate of drug-likeness (QED) is 0.316. The molecule has 10 heteroatoms. The summed E-state index contributed by atoms with van der Waals surface area (Å²) in [4.78, 5) is 50.7. The van der Waals surface area contributed by atoms with Crippen LogP contribution in [0.4, 0.5) is 0 Å². The predicted octanol–water partition coefficient (Wildman–Crippen LogP) is 2.01. The van der Waals surface area contributed by atoms with E-state index in [9.17, 15) is 19.5 Å². The maximum Gasteiger partial charge on any atom is 0.247 e. The number of nitrogens with zero attached hydrogens (tertiary/aromatic N) is 4. The normalized spacial score (nSPS) is 32.1. The molecule has 6 atom stereocenters. The number of amides is 3. The third-order valence-corrected chi connectivity index (χ3v) is 11.4. The molecule has 1 N–H and O–H groups in total. The first-order valence-electron chi connectivity index (χ1n) is 15.0. The van der Waals surface area contributed by atoms with Crippen LogP contribution in [0.25, 0.3) is 0 Å². The zero-order valence-corrected chi connectivity index (χ0v) is 25.4. The van der Waals surface area contributed by atoms with Crippen molar-refractivity contribution >= 4 is 29.5 Å². The molecule has 0 aliphatic carbocycles. The van der Waals surface area contributed by atoms with E-state index in [-0.39, 0.29) is 24.3 Å². The lowest BCUT2D eigenvalue weighted by atomic mass is 9.66. The Morgan fingerprint density at radius 2 is 1.77 bits per heavy atom. The Labute approximate surface area is 243 Å². The number of hydrogen-bond acceptors (Lipinski definition) is 7. The summed E-state index contributed by atoms with van der Waals surface area (Å²) in [5.41, 5.74) is 0. The van der Waals surface area contributed by atoms with Gasteiger partial charge in [-0.1, -0.05) is 26.0 Å². The minimum atomic E-state index is -0.726. The number of morpholine rings is 1. The van der Waals surface area contributed by atoms with Crippen LogP contribution in [-0.4, -0.2) is 130 Å². The summed E-state index contributed by atoms with van der Waals surface area (Å²) < 4.78 is 4.36. The summed E-state index contributed by atoms with van der Waals surface area (Å²) in [6.45, 7) is 19.3. The molecule has 0 aromatic carbocycles. The van der Waals surface area contributed by atoms with Crippen LogP contribution in [0, 0.1) is 11.8 Å². The monoisotopic (exact) mass is 576 g/mol. The van der Waals surface area contributed by atoms with Gasteiger partial charge in [0.15, 0.2) is 0 Å². The molecule has 1 spiro atoms. The minimum Gasteiger partial charge on any atom is -0.394 e. The minimum absolute atomic E-state index is 0.0166. The number of aliphatic hydroxyl groups excluding tert-OH is 1. The Kier molecular flexibility index (Phi) is 10.1. The van der Waals surface area contributed by atoms with Crippen LogP contribution in [0.2, 0.25) is 0 Å². The lowest BCUT2D eigenvalue weighted by molar-refractivity contribution is -0.147. The van der Waals surface area contributed by atoms with E-state index in [2.05, 4.69) is 25.0 Å². The number of thioether (sulfide) groups is 1. The van der Waals surface area contributed by atoms with Crippen molar-refractivity contribution in [3.05, 3.63) is 25.3 Å². The molecule has 4 heterocycles. The van der Waals surface area contributed by atoms with Crippen molar-refractivity contribution in [1.82, 2.24) is 19.6 Å². The zero-order chi connectivity index (χ0) is 29.1. The van der Waals surface area contributed by atoms with Gasteiger partial charge >= 0.3 is 0 Å². The highest BCUT2D eigenvalue weighted by Gasteiger charge is 2.78. The van der Waals surface area contributed by atoms with E-state index in [1.54, 1.807) is 28.8 Å². The predicted molar refractivity (Wildman–Crippen MR) is 158 cm³/mol. The van der Waals surface area contributed by atoms with Crippen LogP contribution >= 0.6 is 11.8 Å². The standard InChI is InChI=1S/C30H48N4O5S/c1-6-12-32(13-7-2)26(36)23-24-27(37)34(22(9-4)21-35)25(30(24)11-10-29(23,5)40-30)28(38)33(14-8-3)16-15-31-17-19-39-20-18-31/h6,8,22-25,35H,1,3,7,9-21H2,2,4-5H3/t22-,23+,24-,25?,29-,30?/m0/s1. The molecule has 0 aromatic rings. The molecule has 40 heavy (non-hydrogen) atoms. The Balaban J connectivity index is 1.71. The largest absolute Gasteiger partial charge is 0.394 e. The van der Waals surface area contributed by atoms with Crippen molar-refractivity contribution in [2.75, 3.05) is 65.6 Å². The van der Waals surface area contributed by atoms with Gasteiger partial charge in [0.25, 0.3) is 0 Å². The van der Waals surface area contributed by atoms with Crippen LogP contribution in [0.5, 0.6) is 0 Å². The van der Waals surface area contributed by atoms with Gasteiger partial charge in [0.1, 0.15) is 6.04 Å². The first kappa shape index (κ1) is 31.1. The van der Waals surface area contributed by atoms with E-state index in [0.29, 0.717) is 52.2 Å². The number of carbonyl (C=O) groups is 3. The number of rotatable bonds is 14. The van der Waals surface area contributed by atoms with Gasteiger partial charge in [-0.2, -0.15) is 0 Å². The molecule has 224 valence electrons. The molecule has 9 nitrogen and oxygen atoms in total. The van der Waals surface area contributed by atoms with E-state index < -0.39 is 33.4 Å². The van der Waals surface area contributed by atoms with Gasteiger partial charge in [-0.05, 0) is 32.6 Å². The van der Waals surface area contributed by atoms with Gasteiger partial charge in [0, 0.05) is 50.6 Å². The SMILES string of the molecule is C=CCN(CCN1CCOCC1)C(=O)C1N([C@@H](CC)CO)C(=O)[C@@H]2[C@H](C(=O)N(CC=C)CCC)[C@]3(C)CCC12S3. The van der Waals surface area contributed by atoms with E-state index in [1.807, 2.05) is 23.6 Å². The number of fused-ring (bicyclic) bond motifs is 1. The second kappa shape index (κ2) is 13.0. The highest BCUT2D eigenvalue weighted by atomic mass is 32.2. The lowest BCUT2D eigenvalue weighted by Crippen LogP contribution is -2.58. The number of aliphatic hydroxyl groups is 1. The summed E-state index contributed by atoms with van der Waals surface area (Å²) in [7, 11) is 0. The van der Waals surface area contributed by atoms with Crippen LogP contribution in [0.3, 0.4) is 0 Å². The maximum absolute atomic E-state index is 14.6. The molecule has 0 radical (unpaired) electrons.